The number of nitrogens with zero attached hydrogens (tertiary/aromatic N) is 1. The van der Waals surface area contributed by atoms with Crippen LogP contribution in [0.5, 0.6) is 0 Å². The van der Waals surface area contributed by atoms with Crippen molar-refractivity contribution in [1.82, 2.24) is 9.88 Å². The summed E-state index contributed by atoms with van der Waals surface area (Å²) in [4.78, 5) is 46.7. The highest BCUT2D eigenvalue weighted by Gasteiger charge is 2.34. The smallest absolute Gasteiger partial charge is 0.304 e. The van der Waals surface area contributed by atoms with E-state index >= 15 is 0 Å². The Balaban J connectivity index is 1.85. The van der Waals surface area contributed by atoms with E-state index in [-0.39, 0.29) is 11.2 Å². The summed E-state index contributed by atoms with van der Waals surface area (Å²) in [6.45, 7) is 7.94. The summed E-state index contributed by atoms with van der Waals surface area (Å²) in [5.74, 6) is -0.999. The van der Waals surface area contributed by atoms with E-state index in [2.05, 4.69) is 24.5 Å². The molecule has 1 heterocycles. The number of fused-ring (bicyclic) bond motifs is 1. The minimum atomic E-state index is -1.04. The monoisotopic (exact) mass is 454 g/mol. The van der Waals surface area contributed by atoms with Gasteiger partial charge >= 0.3 is 5.97 Å². The van der Waals surface area contributed by atoms with E-state index in [1.54, 1.807) is 12.1 Å². The Labute approximate surface area is 192 Å². The fourth-order valence-corrected chi connectivity index (χ4v) is 4.26. The molecule has 0 bridgehead atoms. The summed E-state index contributed by atoms with van der Waals surface area (Å²) in [5, 5.41) is 5.94. The second-order valence-corrected chi connectivity index (χ2v) is 9.09. The molecule has 1 amide bonds. The maximum absolute atomic E-state index is 12.7. The van der Waals surface area contributed by atoms with Crippen molar-refractivity contribution in [3.63, 3.8) is 0 Å². The molecule has 0 saturated carbocycles. The molecule has 1 aromatic carbocycles. The lowest BCUT2D eigenvalue weighted by Crippen LogP contribution is -2.37. The van der Waals surface area contributed by atoms with Crippen molar-refractivity contribution in [3.8, 4) is 5.69 Å². The number of esters is 1. The maximum Gasteiger partial charge on any atom is 0.304 e. The lowest BCUT2D eigenvalue weighted by atomic mass is 9.75. The van der Waals surface area contributed by atoms with Gasteiger partial charge in [-0.3, -0.25) is 24.5 Å². The number of primary amides is 1. The molecule has 1 aromatic heterocycles. The number of carbonyl (C=O) groups excluding carboxylic acids is 4. The molecule has 9 nitrogen and oxygen atoms in total. The number of ether oxygens (including phenoxy) is 1. The summed E-state index contributed by atoms with van der Waals surface area (Å²) in [7, 11) is 0. The van der Waals surface area contributed by atoms with Gasteiger partial charge in [-0.2, -0.15) is 0 Å². The number of carbonyl (C=O) groups is 4. The van der Waals surface area contributed by atoms with Crippen molar-refractivity contribution in [2.24, 2.45) is 11.1 Å². The molecule has 3 rings (SSSR count). The average molecular weight is 455 g/mol. The van der Waals surface area contributed by atoms with E-state index < -0.39 is 18.1 Å². The van der Waals surface area contributed by atoms with Gasteiger partial charge < -0.3 is 20.4 Å². The summed E-state index contributed by atoms with van der Waals surface area (Å²) < 4.78 is 6.82. The van der Waals surface area contributed by atoms with Gasteiger partial charge in [0.2, 0.25) is 6.23 Å². The van der Waals surface area contributed by atoms with Crippen LogP contribution in [0.1, 0.15) is 59.2 Å². The van der Waals surface area contributed by atoms with Gasteiger partial charge in [-0.15, -0.1) is 0 Å². The number of benzene rings is 1. The summed E-state index contributed by atoms with van der Waals surface area (Å²) >= 11 is 0. The topological polar surface area (TPSA) is 133 Å². The molecule has 1 aliphatic rings. The Hall–Kier alpha value is -3.46. The van der Waals surface area contributed by atoms with E-state index in [0.717, 1.165) is 28.9 Å². The minimum absolute atomic E-state index is 0.135. The lowest BCUT2D eigenvalue weighted by molar-refractivity contribution is -0.151. The summed E-state index contributed by atoms with van der Waals surface area (Å²) in [5.41, 5.74) is 9.72. The van der Waals surface area contributed by atoms with E-state index in [1.165, 1.54) is 6.92 Å². The third-order valence-corrected chi connectivity index (χ3v) is 5.61. The van der Waals surface area contributed by atoms with Gasteiger partial charge in [-0.25, -0.2) is 0 Å². The predicted molar refractivity (Wildman–Crippen MR) is 124 cm³/mol. The number of aromatic nitrogens is 1. The number of hydrogen-bond donors (Lipinski definition) is 3. The van der Waals surface area contributed by atoms with Crippen LogP contribution in [0.15, 0.2) is 24.4 Å². The van der Waals surface area contributed by atoms with Crippen LogP contribution in [-0.2, 0) is 20.7 Å². The predicted octanol–water partition coefficient (Wildman–Crippen LogP) is 2.13. The summed E-state index contributed by atoms with van der Waals surface area (Å²) in [6, 6.07) is 5.27. The fourth-order valence-electron chi connectivity index (χ4n) is 4.26. The van der Waals surface area contributed by atoms with Crippen LogP contribution >= 0.6 is 0 Å². The first-order valence-electron chi connectivity index (χ1n) is 10.8. The van der Waals surface area contributed by atoms with Crippen LogP contribution in [0.2, 0.25) is 0 Å². The molecule has 0 aliphatic heterocycles. The Morgan fingerprint density at radius 1 is 1.27 bits per heavy atom. The second kappa shape index (κ2) is 9.58. The van der Waals surface area contributed by atoms with Crippen molar-refractivity contribution in [1.29, 1.82) is 0 Å². The molecule has 176 valence electrons. The van der Waals surface area contributed by atoms with E-state index in [0.29, 0.717) is 37.0 Å². The van der Waals surface area contributed by atoms with Crippen molar-refractivity contribution < 1.29 is 23.9 Å². The molecule has 0 saturated heterocycles. The molecular weight excluding hydrogens is 424 g/mol. The molecule has 1 atom stereocenters. The zero-order valence-electron chi connectivity index (χ0n) is 19.4. The third kappa shape index (κ3) is 5.48. The first-order valence-corrected chi connectivity index (χ1v) is 10.8. The largest absolute Gasteiger partial charge is 0.440 e. The molecule has 0 spiro atoms. The number of nitrogens with one attached hydrogen (secondary N) is 2. The highest BCUT2D eigenvalue weighted by molar-refractivity contribution is 6.01. The molecule has 2 aromatic rings. The van der Waals surface area contributed by atoms with E-state index in [4.69, 9.17) is 10.5 Å². The fraction of sp³-hybridized carbons (Fsp3) is 0.417. The molecule has 0 fully saturated rings. The van der Waals surface area contributed by atoms with Gasteiger partial charge in [0, 0.05) is 55.3 Å². The molecule has 0 radical (unpaired) electrons. The number of hydrogen-bond acceptors (Lipinski definition) is 7. The molecule has 1 unspecified atom stereocenters. The number of anilines is 1. The highest BCUT2D eigenvalue weighted by atomic mass is 16.6. The number of aryl methyl sites for hydroxylation is 1. The zero-order valence-corrected chi connectivity index (χ0v) is 19.4. The Morgan fingerprint density at radius 3 is 2.64 bits per heavy atom. The highest BCUT2D eigenvalue weighted by Crippen LogP contribution is 2.38. The number of nitrogens with two attached hydrogens (primary N) is 1. The zero-order chi connectivity index (χ0) is 24.3. The van der Waals surface area contributed by atoms with Gasteiger partial charge in [0.25, 0.3) is 5.91 Å². The van der Waals surface area contributed by atoms with E-state index in [1.807, 2.05) is 23.8 Å². The van der Waals surface area contributed by atoms with Gasteiger partial charge in [0.15, 0.2) is 12.1 Å². The first kappa shape index (κ1) is 24.2. The van der Waals surface area contributed by atoms with Gasteiger partial charge in [0.1, 0.15) is 0 Å². The average Bonchev–Trinajstić information content (AvgIpc) is 3.04. The number of ketones is 1. The number of rotatable bonds is 9. The number of Topliss-reactive ketones (excluding diaryl/α,β-unsaturated/α-hetero) is 1. The second-order valence-electron chi connectivity index (χ2n) is 9.09. The van der Waals surface area contributed by atoms with Crippen LogP contribution in [-0.4, -0.2) is 47.8 Å². The van der Waals surface area contributed by atoms with Crippen LogP contribution in [0.4, 0.5) is 5.69 Å². The first-order chi connectivity index (χ1) is 15.5. The molecule has 9 heteroatoms. The van der Waals surface area contributed by atoms with Crippen molar-refractivity contribution in [2.75, 3.05) is 18.4 Å². The van der Waals surface area contributed by atoms with Crippen LogP contribution in [0, 0.1) is 12.3 Å². The van der Waals surface area contributed by atoms with Gasteiger partial charge in [-0.1, -0.05) is 13.8 Å². The quantitative estimate of drug-likeness (QED) is 0.229. The maximum atomic E-state index is 12.7. The lowest BCUT2D eigenvalue weighted by Gasteiger charge is -2.30. The number of aldehydes is 1. The van der Waals surface area contributed by atoms with Crippen LogP contribution in [0.3, 0.4) is 0 Å². The normalized spacial score (nSPS) is 15.5. The van der Waals surface area contributed by atoms with Crippen molar-refractivity contribution >= 4 is 29.6 Å². The minimum Gasteiger partial charge on any atom is -0.440 e. The molecular formula is C24H30N4O5. The summed E-state index contributed by atoms with van der Waals surface area (Å²) in [6.07, 6.45) is 2.68. The van der Waals surface area contributed by atoms with E-state index in [9.17, 15) is 19.2 Å². The van der Waals surface area contributed by atoms with Crippen molar-refractivity contribution in [2.45, 2.75) is 46.8 Å². The Morgan fingerprint density at radius 2 is 2.00 bits per heavy atom. The van der Waals surface area contributed by atoms with Crippen LogP contribution < -0.4 is 16.4 Å². The number of amides is 1. The molecule has 4 N–H and O–H groups in total. The SMILES string of the molecule is CC(=O)OC(C=O)NCCNc1cc(-n2cc(C)c3c2CC(C)(C)CC3=O)ccc1C(N)=O. The Kier molecular flexibility index (Phi) is 7.02. The van der Waals surface area contributed by atoms with Gasteiger partial charge in [-0.05, 0) is 42.5 Å². The van der Waals surface area contributed by atoms with Crippen LogP contribution in [0.25, 0.3) is 5.69 Å². The molecule has 33 heavy (non-hydrogen) atoms. The standard InChI is InChI=1S/C24H30N4O5/c1-14-12-28(19-10-24(3,4)11-20(31)22(14)19)16-5-6-17(23(25)32)18(9-16)26-7-8-27-21(13-29)33-15(2)30/h5-6,9,12-13,21,26-27H,7-8,10-11H2,1-4H3,(H2,25,32). The van der Waals surface area contributed by atoms with Crippen molar-refractivity contribution in [3.05, 3.63) is 46.8 Å². The Bertz CT molecular complexity index is 1100. The third-order valence-electron chi connectivity index (χ3n) is 5.61. The molecule has 1 aliphatic carbocycles. The van der Waals surface area contributed by atoms with Gasteiger partial charge in [0.05, 0.1) is 5.56 Å².